The van der Waals surface area contributed by atoms with Crippen LogP contribution >= 0.6 is 0 Å². The van der Waals surface area contributed by atoms with E-state index in [2.05, 4.69) is 11.7 Å². The Morgan fingerprint density at radius 2 is 1.35 bits per heavy atom. The lowest BCUT2D eigenvalue weighted by Crippen LogP contribution is -2.37. The Labute approximate surface area is 188 Å². The van der Waals surface area contributed by atoms with Crippen LogP contribution in [0.1, 0.15) is 116 Å². The number of carbonyl (C=O) groups is 3. The van der Waals surface area contributed by atoms with Gasteiger partial charge < -0.3 is 14.2 Å². The Bertz CT molecular complexity index is 498. The summed E-state index contributed by atoms with van der Waals surface area (Å²) in [5, 5.41) is 0. The van der Waals surface area contributed by atoms with E-state index in [1.165, 1.54) is 71.3 Å². The number of carbonyl (C=O) groups excluding carboxylic acids is 3. The zero-order chi connectivity index (χ0) is 22.7. The average molecular weight is 441 g/mol. The van der Waals surface area contributed by atoms with Crippen molar-refractivity contribution < 1.29 is 28.6 Å². The SMILES string of the molecule is CCCCCCCCCCCCCCCC(=O)C(C(=O)OC)C(=O)OC1CCCCO1. The van der Waals surface area contributed by atoms with Gasteiger partial charge in [-0.1, -0.05) is 84.0 Å². The van der Waals surface area contributed by atoms with Gasteiger partial charge in [-0.05, 0) is 19.3 Å². The molecule has 0 radical (unpaired) electrons. The number of hydrogen-bond donors (Lipinski definition) is 0. The van der Waals surface area contributed by atoms with Crippen LogP contribution in [0.15, 0.2) is 0 Å². The molecule has 0 aromatic rings. The largest absolute Gasteiger partial charge is 0.468 e. The highest BCUT2D eigenvalue weighted by atomic mass is 16.7. The molecule has 31 heavy (non-hydrogen) atoms. The van der Waals surface area contributed by atoms with Crippen molar-refractivity contribution in [3.8, 4) is 0 Å². The van der Waals surface area contributed by atoms with Crippen LogP contribution in [0.2, 0.25) is 0 Å². The van der Waals surface area contributed by atoms with Gasteiger partial charge in [-0.25, -0.2) is 0 Å². The molecule has 1 aliphatic heterocycles. The molecule has 0 amide bonds. The number of Topliss-reactive ketones (excluding diaryl/α,β-unsaturated/α-hetero) is 1. The highest BCUT2D eigenvalue weighted by Gasteiger charge is 2.37. The van der Waals surface area contributed by atoms with Gasteiger partial charge in [-0.15, -0.1) is 0 Å². The van der Waals surface area contributed by atoms with Gasteiger partial charge in [0.1, 0.15) is 0 Å². The molecule has 1 fully saturated rings. The normalized spacial score (nSPS) is 17.2. The van der Waals surface area contributed by atoms with Crippen LogP contribution in [0, 0.1) is 5.92 Å². The van der Waals surface area contributed by atoms with Crippen LogP contribution in [0.25, 0.3) is 0 Å². The maximum atomic E-state index is 12.5. The van der Waals surface area contributed by atoms with E-state index >= 15 is 0 Å². The predicted molar refractivity (Wildman–Crippen MR) is 121 cm³/mol. The summed E-state index contributed by atoms with van der Waals surface area (Å²) in [5.41, 5.74) is 0. The molecule has 0 N–H and O–H groups in total. The summed E-state index contributed by atoms with van der Waals surface area (Å²) >= 11 is 0. The number of ether oxygens (including phenoxy) is 3. The highest BCUT2D eigenvalue weighted by Crippen LogP contribution is 2.18. The first kappa shape index (κ1) is 27.6. The molecule has 2 unspecified atom stereocenters. The molecule has 0 bridgehead atoms. The van der Waals surface area contributed by atoms with Crippen LogP contribution < -0.4 is 0 Å². The fraction of sp³-hybridized carbons (Fsp3) is 0.880. The maximum absolute atomic E-state index is 12.5. The van der Waals surface area contributed by atoms with Crippen molar-refractivity contribution in [1.29, 1.82) is 0 Å². The molecule has 6 nitrogen and oxygen atoms in total. The van der Waals surface area contributed by atoms with Crippen molar-refractivity contribution in [3.63, 3.8) is 0 Å². The monoisotopic (exact) mass is 440 g/mol. The second-order valence-corrected chi connectivity index (χ2v) is 8.65. The van der Waals surface area contributed by atoms with Crippen molar-refractivity contribution in [3.05, 3.63) is 0 Å². The summed E-state index contributed by atoms with van der Waals surface area (Å²) in [6.45, 7) is 2.77. The van der Waals surface area contributed by atoms with Crippen molar-refractivity contribution >= 4 is 17.7 Å². The quantitative estimate of drug-likeness (QED) is 0.150. The van der Waals surface area contributed by atoms with Gasteiger partial charge in [-0.3, -0.25) is 14.4 Å². The number of hydrogen-bond acceptors (Lipinski definition) is 6. The molecular weight excluding hydrogens is 396 g/mol. The number of esters is 2. The van der Waals surface area contributed by atoms with E-state index in [0.717, 1.165) is 25.7 Å². The molecular formula is C25H44O6. The molecule has 1 saturated heterocycles. The smallest absolute Gasteiger partial charge is 0.330 e. The van der Waals surface area contributed by atoms with Crippen molar-refractivity contribution in [1.82, 2.24) is 0 Å². The highest BCUT2D eigenvalue weighted by molar-refractivity contribution is 6.14. The standard InChI is InChI=1S/C25H44O6/c1-3-4-5-6-7-8-9-10-11-12-13-14-15-18-21(26)23(24(27)29-2)25(28)31-22-19-16-17-20-30-22/h22-23H,3-20H2,1-2H3. The number of unbranched alkanes of at least 4 members (excludes halogenated alkanes) is 12. The second kappa shape index (κ2) is 18.2. The molecule has 0 aliphatic carbocycles. The van der Waals surface area contributed by atoms with Gasteiger partial charge in [0.2, 0.25) is 12.2 Å². The Morgan fingerprint density at radius 1 is 0.806 bits per heavy atom. The molecule has 6 heteroatoms. The summed E-state index contributed by atoms with van der Waals surface area (Å²) < 4.78 is 15.3. The van der Waals surface area contributed by atoms with Gasteiger partial charge in [0, 0.05) is 12.8 Å². The second-order valence-electron chi connectivity index (χ2n) is 8.65. The van der Waals surface area contributed by atoms with Crippen molar-refractivity contribution in [2.24, 2.45) is 5.92 Å². The number of ketones is 1. The third kappa shape index (κ3) is 12.9. The number of rotatable bonds is 18. The van der Waals surface area contributed by atoms with E-state index in [1.54, 1.807) is 0 Å². The Morgan fingerprint density at radius 3 is 1.84 bits per heavy atom. The lowest BCUT2D eigenvalue weighted by Gasteiger charge is -2.23. The van der Waals surface area contributed by atoms with E-state index in [9.17, 15) is 14.4 Å². The first-order valence-electron chi connectivity index (χ1n) is 12.5. The first-order chi connectivity index (χ1) is 15.1. The summed E-state index contributed by atoms with van der Waals surface area (Å²) in [6, 6.07) is 0. The van der Waals surface area contributed by atoms with Crippen LogP contribution in [-0.4, -0.2) is 37.7 Å². The minimum absolute atomic E-state index is 0.193. The summed E-state index contributed by atoms with van der Waals surface area (Å²) in [5.74, 6) is -3.61. The maximum Gasteiger partial charge on any atom is 0.330 e. The van der Waals surface area contributed by atoms with Gasteiger partial charge >= 0.3 is 11.9 Å². The first-order valence-corrected chi connectivity index (χ1v) is 12.5. The van der Waals surface area contributed by atoms with Gasteiger partial charge in [0.05, 0.1) is 13.7 Å². The molecule has 1 rings (SSSR count). The van der Waals surface area contributed by atoms with Crippen molar-refractivity contribution in [2.45, 2.75) is 122 Å². The third-order valence-corrected chi connectivity index (χ3v) is 5.91. The van der Waals surface area contributed by atoms with Crippen LogP contribution in [0.3, 0.4) is 0 Å². The zero-order valence-electron chi connectivity index (χ0n) is 19.8. The van der Waals surface area contributed by atoms with Gasteiger partial charge in [-0.2, -0.15) is 0 Å². The lowest BCUT2D eigenvalue weighted by atomic mass is 9.98. The lowest BCUT2D eigenvalue weighted by molar-refractivity contribution is -0.193. The molecule has 1 heterocycles. The van der Waals surface area contributed by atoms with Gasteiger partial charge in [0.15, 0.2) is 5.78 Å². The molecule has 0 spiro atoms. The van der Waals surface area contributed by atoms with E-state index < -0.39 is 29.9 Å². The molecule has 180 valence electrons. The molecule has 0 aromatic carbocycles. The average Bonchev–Trinajstić information content (AvgIpc) is 2.77. The molecule has 0 aromatic heterocycles. The third-order valence-electron chi connectivity index (χ3n) is 5.91. The minimum Gasteiger partial charge on any atom is -0.468 e. The fourth-order valence-corrected chi connectivity index (χ4v) is 3.94. The minimum atomic E-state index is -1.49. The zero-order valence-corrected chi connectivity index (χ0v) is 19.8. The Kier molecular flexibility index (Phi) is 16.2. The van der Waals surface area contributed by atoms with Crippen LogP contribution in [0.4, 0.5) is 0 Å². The summed E-state index contributed by atoms with van der Waals surface area (Å²) in [7, 11) is 1.18. The summed E-state index contributed by atoms with van der Waals surface area (Å²) in [4.78, 5) is 36.8. The Hall–Kier alpha value is -1.43. The van der Waals surface area contributed by atoms with Gasteiger partial charge in [0.25, 0.3) is 0 Å². The Balaban J connectivity index is 2.14. The molecule has 1 aliphatic rings. The van der Waals surface area contributed by atoms with E-state index in [-0.39, 0.29) is 6.42 Å². The predicted octanol–water partition coefficient (Wildman–Crippen LogP) is 5.90. The molecule has 2 atom stereocenters. The van der Waals surface area contributed by atoms with E-state index in [1.807, 2.05) is 0 Å². The van der Waals surface area contributed by atoms with E-state index in [0.29, 0.717) is 19.4 Å². The van der Waals surface area contributed by atoms with E-state index in [4.69, 9.17) is 9.47 Å². The molecule has 0 saturated carbocycles. The van der Waals surface area contributed by atoms with Crippen LogP contribution in [-0.2, 0) is 28.6 Å². The van der Waals surface area contributed by atoms with Crippen molar-refractivity contribution in [2.75, 3.05) is 13.7 Å². The van der Waals surface area contributed by atoms with Crippen LogP contribution in [0.5, 0.6) is 0 Å². The number of methoxy groups -OCH3 is 1. The summed E-state index contributed by atoms with van der Waals surface area (Å²) in [6.07, 6.45) is 17.7. The topological polar surface area (TPSA) is 78.9 Å². The fourth-order valence-electron chi connectivity index (χ4n) is 3.94.